The molecule has 1 heterocycles. The Labute approximate surface area is 83.9 Å². The number of nitrogens with zero attached hydrogens (tertiary/aromatic N) is 2. The molecule has 0 aliphatic rings. The van der Waals surface area contributed by atoms with Gasteiger partial charge in [-0.15, -0.1) is 0 Å². The van der Waals surface area contributed by atoms with Gasteiger partial charge in [0.15, 0.2) is 0 Å². The van der Waals surface area contributed by atoms with Gasteiger partial charge in [-0.3, -0.25) is 9.48 Å². The number of Topliss-reactive ketones (excluding diaryl/α,β-unsaturated/α-hetero) is 1. The van der Waals surface area contributed by atoms with Gasteiger partial charge in [-0.05, 0) is 26.8 Å². The van der Waals surface area contributed by atoms with E-state index in [4.69, 9.17) is 4.74 Å². The molecule has 4 nitrogen and oxygen atoms in total. The molecule has 0 bridgehead atoms. The van der Waals surface area contributed by atoms with E-state index >= 15 is 0 Å². The zero-order valence-corrected chi connectivity index (χ0v) is 9.07. The van der Waals surface area contributed by atoms with Crippen LogP contribution in [-0.4, -0.2) is 27.8 Å². The van der Waals surface area contributed by atoms with Gasteiger partial charge in [0, 0.05) is 19.9 Å². The minimum Gasteiger partial charge on any atom is -0.368 e. The number of carbonyl (C=O) groups is 1. The predicted molar refractivity (Wildman–Crippen MR) is 53.2 cm³/mol. The first-order valence-electron chi connectivity index (χ1n) is 4.66. The zero-order chi connectivity index (χ0) is 10.8. The zero-order valence-electron chi connectivity index (χ0n) is 9.07. The highest BCUT2D eigenvalue weighted by Gasteiger charge is 2.30. The van der Waals surface area contributed by atoms with Crippen molar-refractivity contribution in [3.63, 3.8) is 0 Å². The summed E-state index contributed by atoms with van der Waals surface area (Å²) in [6.07, 6.45) is 1.61. The molecule has 0 unspecified atom stereocenters. The Hall–Kier alpha value is -1.16. The van der Waals surface area contributed by atoms with Crippen LogP contribution >= 0.6 is 0 Å². The number of ether oxygens (including phenoxy) is 1. The van der Waals surface area contributed by atoms with Gasteiger partial charge >= 0.3 is 0 Å². The normalized spacial score (nSPS) is 11.7. The maximum atomic E-state index is 12.0. The van der Waals surface area contributed by atoms with Crippen molar-refractivity contribution in [2.45, 2.75) is 26.4 Å². The maximum absolute atomic E-state index is 12.0. The molecule has 0 fully saturated rings. The average molecular weight is 196 g/mol. The first-order chi connectivity index (χ1) is 6.49. The lowest BCUT2D eigenvalue weighted by molar-refractivity contribution is 0.000547. The van der Waals surface area contributed by atoms with E-state index in [1.807, 2.05) is 6.92 Å². The Morgan fingerprint density at radius 1 is 1.64 bits per heavy atom. The Kier molecular flexibility index (Phi) is 3.06. The van der Waals surface area contributed by atoms with Gasteiger partial charge < -0.3 is 4.74 Å². The smallest absolute Gasteiger partial charge is 0.211 e. The van der Waals surface area contributed by atoms with Crippen molar-refractivity contribution in [3.05, 3.63) is 18.0 Å². The summed E-state index contributed by atoms with van der Waals surface area (Å²) in [6, 6.07) is 1.70. The quantitative estimate of drug-likeness (QED) is 0.684. The van der Waals surface area contributed by atoms with Gasteiger partial charge in [-0.25, -0.2) is 0 Å². The minimum absolute atomic E-state index is 0.0423. The molecular weight excluding hydrogens is 180 g/mol. The number of rotatable bonds is 4. The third kappa shape index (κ3) is 2.01. The molecule has 0 saturated carbocycles. The van der Waals surface area contributed by atoms with Gasteiger partial charge in [0.2, 0.25) is 5.78 Å². The second-order valence-electron chi connectivity index (χ2n) is 3.61. The van der Waals surface area contributed by atoms with Crippen LogP contribution in [-0.2, 0) is 11.8 Å². The van der Waals surface area contributed by atoms with E-state index in [-0.39, 0.29) is 5.78 Å². The van der Waals surface area contributed by atoms with E-state index in [0.717, 1.165) is 0 Å². The summed E-state index contributed by atoms with van der Waals surface area (Å²) in [5.41, 5.74) is -0.203. The molecule has 0 N–H and O–H groups in total. The summed E-state index contributed by atoms with van der Waals surface area (Å²) in [5.74, 6) is -0.0423. The van der Waals surface area contributed by atoms with Crippen LogP contribution < -0.4 is 0 Å². The highest BCUT2D eigenvalue weighted by molar-refractivity contribution is 6.00. The lowest BCUT2D eigenvalue weighted by atomic mass is 10.0. The summed E-state index contributed by atoms with van der Waals surface area (Å²) in [6.45, 7) is 5.94. The van der Waals surface area contributed by atoms with Gasteiger partial charge in [-0.2, -0.15) is 5.10 Å². The van der Waals surface area contributed by atoms with Crippen molar-refractivity contribution in [2.75, 3.05) is 6.61 Å². The second kappa shape index (κ2) is 3.92. The fraction of sp³-hybridized carbons (Fsp3) is 0.600. The van der Waals surface area contributed by atoms with Crippen molar-refractivity contribution in [1.82, 2.24) is 9.78 Å². The van der Waals surface area contributed by atoms with E-state index in [9.17, 15) is 4.79 Å². The molecule has 0 aliphatic heterocycles. The molecular formula is C10H16N2O2. The molecule has 0 aliphatic carbocycles. The van der Waals surface area contributed by atoms with Crippen LogP contribution in [0.3, 0.4) is 0 Å². The molecule has 0 aromatic carbocycles. The number of hydrogen-bond acceptors (Lipinski definition) is 3. The van der Waals surface area contributed by atoms with E-state index in [1.54, 1.807) is 37.8 Å². The number of aryl methyl sites for hydroxylation is 1. The highest BCUT2D eigenvalue weighted by Crippen LogP contribution is 2.16. The van der Waals surface area contributed by atoms with Crippen LogP contribution in [0.1, 0.15) is 31.3 Å². The molecule has 0 saturated heterocycles. The van der Waals surface area contributed by atoms with Crippen molar-refractivity contribution in [3.8, 4) is 0 Å². The van der Waals surface area contributed by atoms with E-state index in [0.29, 0.717) is 12.3 Å². The maximum Gasteiger partial charge on any atom is 0.211 e. The molecule has 0 amide bonds. The molecule has 0 spiro atoms. The lowest BCUT2D eigenvalue weighted by Gasteiger charge is -2.22. The predicted octanol–water partition coefficient (Wildman–Crippen LogP) is 1.42. The second-order valence-corrected chi connectivity index (χ2v) is 3.61. The molecule has 0 atom stereocenters. The molecule has 78 valence electrons. The van der Waals surface area contributed by atoms with Crippen molar-refractivity contribution in [1.29, 1.82) is 0 Å². The van der Waals surface area contributed by atoms with Crippen LogP contribution in [0.5, 0.6) is 0 Å². The van der Waals surface area contributed by atoms with Crippen LogP contribution in [0.2, 0.25) is 0 Å². The lowest BCUT2D eigenvalue weighted by Crippen LogP contribution is -2.36. The summed E-state index contributed by atoms with van der Waals surface area (Å²) in [7, 11) is 1.75. The first-order valence-corrected chi connectivity index (χ1v) is 4.66. The van der Waals surface area contributed by atoms with Crippen LogP contribution in [0.15, 0.2) is 12.3 Å². The van der Waals surface area contributed by atoms with E-state index in [1.165, 1.54) is 0 Å². The van der Waals surface area contributed by atoms with E-state index < -0.39 is 5.60 Å². The number of hydrogen-bond donors (Lipinski definition) is 0. The molecule has 1 rings (SSSR count). The standard InChI is InChI=1S/C10H16N2O2/c1-5-14-10(2,3)9(13)8-6-7-11-12(8)4/h6-7H,5H2,1-4H3. The minimum atomic E-state index is -0.775. The summed E-state index contributed by atoms with van der Waals surface area (Å²) in [4.78, 5) is 12.0. The monoisotopic (exact) mass is 196 g/mol. The van der Waals surface area contributed by atoms with Gasteiger partial charge in [0.05, 0.1) is 0 Å². The summed E-state index contributed by atoms with van der Waals surface area (Å²) < 4.78 is 6.94. The number of ketones is 1. The molecule has 0 radical (unpaired) electrons. The topological polar surface area (TPSA) is 44.1 Å². The average Bonchev–Trinajstić information content (AvgIpc) is 2.50. The first kappa shape index (κ1) is 10.9. The molecule has 14 heavy (non-hydrogen) atoms. The third-order valence-electron chi connectivity index (χ3n) is 2.11. The van der Waals surface area contributed by atoms with Crippen LogP contribution in [0.4, 0.5) is 0 Å². The Bertz CT molecular complexity index is 329. The summed E-state index contributed by atoms with van der Waals surface area (Å²) >= 11 is 0. The number of aromatic nitrogens is 2. The highest BCUT2D eigenvalue weighted by atomic mass is 16.5. The Balaban J connectivity index is 2.90. The van der Waals surface area contributed by atoms with Crippen LogP contribution in [0.25, 0.3) is 0 Å². The summed E-state index contributed by atoms with van der Waals surface area (Å²) in [5, 5.41) is 3.95. The fourth-order valence-corrected chi connectivity index (χ4v) is 1.33. The molecule has 4 heteroatoms. The molecule has 1 aromatic rings. The van der Waals surface area contributed by atoms with Crippen molar-refractivity contribution < 1.29 is 9.53 Å². The van der Waals surface area contributed by atoms with Crippen molar-refractivity contribution in [2.24, 2.45) is 7.05 Å². The number of carbonyl (C=O) groups excluding carboxylic acids is 1. The van der Waals surface area contributed by atoms with Gasteiger partial charge in [-0.1, -0.05) is 0 Å². The molecule has 1 aromatic heterocycles. The Morgan fingerprint density at radius 3 is 2.71 bits per heavy atom. The van der Waals surface area contributed by atoms with Gasteiger partial charge in [0.25, 0.3) is 0 Å². The van der Waals surface area contributed by atoms with Gasteiger partial charge in [0.1, 0.15) is 11.3 Å². The Morgan fingerprint density at radius 2 is 2.29 bits per heavy atom. The van der Waals surface area contributed by atoms with Crippen LogP contribution in [0, 0.1) is 0 Å². The van der Waals surface area contributed by atoms with Crippen molar-refractivity contribution >= 4 is 5.78 Å². The van der Waals surface area contributed by atoms with E-state index in [2.05, 4.69) is 5.10 Å². The largest absolute Gasteiger partial charge is 0.368 e. The fourth-order valence-electron chi connectivity index (χ4n) is 1.33. The third-order valence-corrected chi connectivity index (χ3v) is 2.11. The SMILES string of the molecule is CCOC(C)(C)C(=O)c1ccnn1C.